The third-order valence-corrected chi connectivity index (χ3v) is 4.09. The number of rotatable bonds is 5. The lowest BCUT2D eigenvalue weighted by atomic mass is 9.87. The van der Waals surface area contributed by atoms with Gasteiger partial charge in [-0.15, -0.1) is 0 Å². The molecule has 1 aromatic rings. The van der Waals surface area contributed by atoms with Gasteiger partial charge >= 0.3 is 0 Å². The molecule has 2 rings (SSSR count). The van der Waals surface area contributed by atoms with Gasteiger partial charge in [0.15, 0.2) is 0 Å². The van der Waals surface area contributed by atoms with Crippen molar-refractivity contribution >= 4 is 5.91 Å². The van der Waals surface area contributed by atoms with E-state index in [1.165, 1.54) is 18.4 Å². The van der Waals surface area contributed by atoms with E-state index >= 15 is 0 Å². The van der Waals surface area contributed by atoms with Crippen LogP contribution in [0, 0.1) is 5.92 Å². The molecule has 0 saturated heterocycles. The van der Waals surface area contributed by atoms with E-state index in [0.717, 1.165) is 31.6 Å². The van der Waals surface area contributed by atoms with Crippen LogP contribution in [0.3, 0.4) is 0 Å². The zero-order valence-corrected chi connectivity index (χ0v) is 11.9. The largest absolute Gasteiger partial charge is 0.353 e. The van der Waals surface area contributed by atoms with E-state index in [1.54, 1.807) is 0 Å². The van der Waals surface area contributed by atoms with Gasteiger partial charge in [0, 0.05) is 12.5 Å². The second-order valence-electron chi connectivity index (χ2n) is 5.86. The smallest absolute Gasteiger partial charge is 0.220 e. The normalized spacial score (nSPS) is 23.0. The molecule has 2 heteroatoms. The van der Waals surface area contributed by atoms with E-state index < -0.39 is 0 Å². The Hall–Kier alpha value is -1.31. The number of nitrogens with one attached hydrogen (secondary N) is 1. The molecule has 0 unspecified atom stereocenters. The molecule has 1 N–H and O–H groups in total. The van der Waals surface area contributed by atoms with Crippen LogP contribution in [0.2, 0.25) is 0 Å². The van der Waals surface area contributed by atoms with Crippen LogP contribution in [0.5, 0.6) is 0 Å². The van der Waals surface area contributed by atoms with Crippen molar-refractivity contribution in [3.05, 3.63) is 35.9 Å². The van der Waals surface area contributed by atoms with Gasteiger partial charge < -0.3 is 5.32 Å². The molecular formula is C17H25NO. The van der Waals surface area contributed by atoms with Gasteiger partial charge in [-0.25, -0.2) is 0 Å². The van der Waals surface area contributed by atoms with E-state index in [1.807, 2.05) is 6.07 Å². The molecule has 0 aliphatic heterocycles. The monoisotopic (exact) mass is 259 g/mol. The van der Waals surface area contributed by atoms with Crippen LogP contribution in [0.15, 0.2) is 30.3 Å². The molecule has 1 saturated carbocycles. The van der Waals surface area contributed by atoms with Crippen molar-refractivity contribution in [2.75, 3.05) is 0 Å². The van der Waals surface area contributed by atoms with Crippen molar-refractivity contribution in [1.29, 1.82) is 0 Å². The van der Waals surface area contributed by atoms with Gasteiger partial charge in [0.2, 0.25) is 5.91 Å². The number of aryl methyl sites for hydroxylation is 1. The summed E-state index contributed by atoms with van der Waals surface area (Å²) in [6.07, 6.45) is 7.43. The quantitative estimate of drug-likeness (QED) is 0.858. The van der Waals surface area contributed by atoms with Crippen molar-refractivity contribution in [1.82, 2.24) is 5.32 Å². The minimum absolute atomic E-state index is 0.232. The predicted molar refractivity (Wildman–Crippen MR) is 78.9 cm³/mol. The Kier molecular flexibility index (Phi) is 5.44. The number of hydrogen-bond donors (Lipinski definition) is 1. The summed E-state index contributed by atoms with van der Waals surface area (Å²) in [6, 6.07) is 10.8. The van der Waals surface area contributed by atoms with Crippen LogP contribution in [0.25, 0.3) is 0 Å². The molecule has 2 nitrogen and oxygen atoms in total. The maximum Gasteiger partial charge on any atom is 0.220 e. The fourth-order valence-corrected chi connectivity index (χ4v) is 2.80. The Labute approximate surface area is 116 Å². The van der Waals surface area contributed by atoms with E-state index in [0.29, 0.717) is 12.5 Å². The zero-order chi connectivity index (χ0) is 13.5. The highest BCUT2D eigenvalue weighted by atomic mass is 16.1. The Morgan fingerprint density at radius 3 is 2.53 bits per heavy atom. The molecule has 104 valence electrons. The lowest BCUT2D eigenvalue weighted by Crippen LogP contribution is -2.37. The maximum atomic E-state index is 11.9. The van der Waals surface area contributed by atoms with Crippen LogP contribution in [0.4, 0.5) is 0 Å². The summed E-state index contributed by atoms with van der Waals surface area (Å²) in [6.45, 7) is 2.30. The van der Waals surface area contributed by atoms with Crippen LogP contribution in [0.1, 0.15) is 51.0 Å². The molecule has 19 heavy (non-hydrogen) atoms. The average molecular weight is 259 g/mol. The summed E-state index contributed by atoms with van der Waals surface area (Å²) < 4.78 is 0. The molecule has 1 fully saturated rings. The molecule has 0 radical (unpaired) electrons. The molecule has 0 bridgehead atoms. The highest BCUT2D eigenvalue weighted by molar-refractivity contribution is 5.76. The lowest BCUT2D eigenvalue weighted by Gasteiger charge is -2.26. The molecule has 0 atom stereocenters. The van der Waals surface area contributed by atoms with Gasteiger partial charge in [-0.05, 0) is 50.0 Å². The summed E-state index contributed by atoms with van der Waals surface area (Å²) >= 11 is 0. The summed E-state index contributed by atoms with van der Waals surface area (Å²) in [7, 11) is 0. The van der Waals surface area contributed by atoms with E-state index in [-0.39, 0.29) is 5.91 Å². The number of amides is 1. The summed E-state index contributed by atoms with van der Waals surface area (Å²) in [4.78, 5) is 11.9. The van der Waals surface area contributed by atoms with Gasteiger partial charge in [0.1, 0.15) is 0 Å². The van der Waals surface area contributed by atoms with Crippen LogP contribution >= 0.6 is 0 Å². The van der Waals surface area contributed by atoms with Gasteiger partial charge in [-0.3, -0.25) is 4.79 Å². The van der Waals surface area contributed by atoms with Crippen molar-refractivity contribution in [3.8, 4) is 0 Å². The molecule has 0 aromatic heterocycles. The molecular weight excluding hydrogens is 234 g/mol. The van der Waals surface area contributed by atoms with Gasteiger partial charge in [0.05, 0.1) is 0 Å². The van der Waals surface area contributed by atoms with E-state index in [2.05, 4.69) is 36.5 Å². The summed E-state index contributed by atoms with van der Waals surface area (Å²) in [5, 5.41) is 3.19. The first-order valence-corrected chi connectivity index (χ1v) is 7.57. The Bertz CT molecular complexity index is 380. The first kappa shape index (κ1) is 14.1. The fraction of sp³-hybridized carbons (Fsp3) is 0.588. The summed E-state index contributed by atoms with van der Waals surface area (Å²) in [5.41, 5.74) is 1.32. The fourth-order valence-electron chi connectivity index (χ4n) is 2.80. The van der Waals surface area contributed by atoms with Gasteiger partial charge in [-0.1, -0.05) is 37.3 Å². The number of carbonyl (C=O) groups is 1. The van der Waals surface area contributed by atoms with Crippen molar-refractivity contribution in [2.24, 2.45) is 5.92 Å². The Morgan fingerprint density at radius 2 is 1.84 bits per heavy atom. The zero-order valence-electron chi connectivity index (χ0n) is 11.9. The second kappa shape index (κ2) is 7.32. The van der Waals surface area contributed by atoms with Gasteiger partial charge in [-0.2, -0.15) is 0 Å². The van der Waals surface area contributed by atoms with Gasteiger partial charge in [0.25, 0.3) is 0 Å². The minimum Gasteiger partial charge on any atom is -0.353 e. The number of carbonyl (C=O) groups excluding carboxylic acids is 1. The van der Waals surface area contributed by atoms with Crippen LogP contribution < -0.4 is 5.32 Å². The van der Waals surface area contributed by atoms with Crippen molar-refractivity contribution < 1.29 is 4.79 Å². The van der Waals surface area contributed by atoms with Crippen molar-refractivity contribution in [3.63, 3.8) is 0 Å². The minimum atomic E-state index is 0.232. The predicted octanol–water partition coefficient (Wildman–Crippen LogP) is 3.70. The third-order valence-electron chi connectivity index (χ3n) is 4.09. The topological polar surface area (TPSA) is 29.1 Å². The van der Waals surface area contributed by atoms with Crippen LogP contribution in [-0.4, -0.2) is 11.9 Å². The first-order valence-electron chi connectivity index (χ1n) is 7.57. The van der Waals surface area contributed by atoms with Crippen molar-refractivity contribution in [2.45, 2.75) is 57.9 Å². The molecule has 0 spiro atoms. The Morgan fingerprint density at radius 1 is 1.16 bits per heavy atom. The highest BCUT2D eigenvalue weighted by Crippen LogP contribution is 2.23. The summed E-state index contributed by atoms with van der Waals surface area (Å²) in [5.74, 6) is 1.07. The average Bonchev–Trinajstić information content (AvgIpc) is 2.43. The molecule has 1 amide bonds. The number of benzene rings is 1. The lowest BCUT2D eigenvalue weighted by molar-refractivity contribution is -0.122. The second-order valence-corrected chi connectivity index (χ2v) is 5.86. The Balaban J connectivity index is 1.62. The molecule has 0 heterocycles. The first-order chi connectivity index (χ1) is 9.24. The van der Waals surface area contributed by atoms with E-state index in [9.17, 15) is 4.79 Å². The standard InChI is InChI=1S/C17H25NO/c1-14-10-12-16(13-11-14)18-17(19)9-5-8-15-6-3-2-4-7-15/h2-4,6-7,14,16H,5,8-13H2,1H3,(H,18,19). The third kappa shape index (κ3) is 5.06. The number of hydrogen-bond acceptors (Lipinski definition) is 1. The molecule has 1 aliphatic carbocycles. The molecule has 1 aliphatic rings. The SMILES string of the molecule is CC1CCC(NC(=O)CCCc2ccccc2)CC1. The maximum absolute atomic E-state index is 11.9. The highest BCUT2D eigenvalue weighted by Gasteiger charge is 2.19. The van der Waals surface area contributed by atoms with Crippen LogP contribution in [-0.2, 0) is 11.2 Å². The molecule has 1 aromatic carbocycles. The van der Waals surface area contributed by atoms with E-state index in [4.69, 9.17) is 0 Å².